The van der Waals surface area contributed by atoms with Crippen molar-refractivity contribution in [1.82, 2.24) is 5.32 Å². The van der Waals surface area contributed by atoms with E-state index in [4.69, 9.17) is 14.2 Å². The molecule has 0 spiro atoms. The summed E-state index contributed by atoms with van der Waals surface area (Å²) >= 11 is 1.70. The number of carbonyl (C=O) groups excluding carboxylic acids is 1. The third kappa shape index (κ3) is 3.94. The number of nitrogens with one attached hydrogen (secondary N) is 1. The summed E-state index contributed by atoms with van der Waals surface area (Å²) in [6, 6.07) is 13.5. The quantitative estimate of drug-likeness (QED) is 0.644. The number of rotatable bonds is 6. The minimum atomic E-state index is -0.154. The van der Waals surface area contributed by atoms with Crippen molar-refractivity contribution < 1.29 is 19.0 Å². The van der Waals surface area contributed by atoms with Gasteiger partial charge in [0.1, 0.15) is 13.2 Å². The van der Waals surface area contributed by atoms with Crippen molar-refractivity contribution in [2.45, 2.75) is 4.90 Å². The summed E-state index contributed by atoms with van der Waals surface area (Å²) < 4.78 is 16.4. The summed E-state index contributed by atoms with van der Waals surface area (Å²) in [7, 11) is 1.55. The molecule has 0 aliphatic carbocycles. The Morgan fingerprint density at radius 1 is 1.21 bits per heavy atom. The van der Waals surface area contributed by atoms with Crippen molar-refractivity contribution in [2.24, 2.45) is 0 Å². The SMILES string of the molecule is COc1cc(C(=O)NCCSc2ccccc2)cc2c1OCCO2. The van der Waals surface area contributed by atoms with Crippen molar-refractivity contribution in [1.29, 1.82) is 0 Å². The lowest BCUT2D eigenvalue weighted by Gasteiger charge is -2.21. The molecular weight excluding hydrogens is 326 g/mol. The fourth-order valence-electron chi connectivity index (χ4n) is 2.36. The topological polar surface area (TPSA) is 56.8 Å². The number of thioether (sulfide) groups is 1. The van der Waals surface area contributed by atoms with Gasteiger partial charge in [0.05, 0.1) is 7.11 Å². The fraction of sp³-hybridized carbons (Fsp3) is 0.278. The van der Waals surface area contributed by atoms with Gasteiger partial charge in [0.25, 0.3) is 5.91 Å². The minimum absolute atomic E-state index is 0.154. The van der Waals surface area contributed by atoms with Crippen LogP contribution in [0.1, 0.15) is 10.4 Å². The van der Waals surface area contributed by atoms with E-state index in [2.05, 4.69) is 17.4 Å². The molecule has 0 atom stereocenters. The highest BCUT2D eigenvalue weighted by atomic mass is 32.2. The fourth-order valence-corrected chi connectivity index (χ4v) is 3.15. The molecule has 1 amide bonds. The first-order chi connectivity index (χ1) is 11.8. The predicted octanol–water partition coefficient (Wildman–Crippen LogP) is 2.99. The van der Waals surface area contributed by atoms with Gasteiger partial charge in [-0.05, 0) is 24.3 Å². The van der Waals surface area contributed by atoms with E-state index in [0.717, 1.165) is 5.75 Å². The van der Waals surface area contributed by atoms with Gasteiger partial charge in [-0.15, -0.1) is 11.8 Å². The van der Waals surface area contributed by atoms with E-state index in [-0.39, 0.29) is 5.91 Å². The number of hydrogen-bond acceptors (Lipinski definition) is 5. The number of hydrogen-bond donors (Lipinski definition) is 1. The maximum atomic E-state index is 12.3. The number of benzene rings is 2. The second-order valence-electron chi connectivity index (χ2n) is 5.12. The van der Waals surface area contributed by atoms with Crippen LogP contribution in [0.4, 0.5) is 0 Å². The zero-order chi connectivity index (χ0) is 16.8. The van der Waals surface area contributed by atoms with Gasteiger partial charge in [-0.25, -0.2) is 0 Å². The third-order valence-electron chi connectivity index (χ3n) is 3.49. The maximum Gasteiger partial charge on any atom is 0.251 e. The lowest BCUT2D eigenvalue weighted by Crippen LogP contribution is -2.26. The van der Waals surface area contributed by atoms with Crippen molar-refractivity contribution in [2.75, 3.05) is 32.6 Å². The lowest BCUT2D eigenvalue weighted by atomic mass is 10.1. The van der Waals surface area contributed by atoms with E-state index < -0.39 is 0 Å². The summed E-state index contributed by atoms with van der Waals surface area (Å²) in [5.41, 5.74) is 0.501. The highest BCUT2D eigenvalue weighted by Crippen LogP contribution is 2.40. The van der Waals surface area contributed by atoms with Crippen LogP contribution in [-0.2, 0) is 0 Å². The molecule has 0 aromatic heterocycles. The molecule has 5 nitrogen and oxygen atoms in total. The molecule has 0 fully saturated rings. The average molecular weight is 345 g/mol. The highest BCUT2D eigenvalue weighted by Gasteiger charge is 2.20. The lowest BCUT2D eigenvalue weighted by molar-refractivity contribution is 0.0954. The zero-order valence-corrected chi connectivity index (χ0v) is 14.2. The molecular formula is C18H19NO4S. The molecule has 2 aromatic carbocycles. The number of carbonyl (C=O) groups is 1. The van der Waals surface area contributed by atoms with Crippen molar-refractivity contribution in [3.05, 3.63) is 48.0 Å². The normalized spacial score (nSPS) is 12.5. The molecule has 3 rings (SSSR count). The van der Waals surface area contributed by atoms with Gasteiger partial charge >= 0.3 is 0 Å². The van der Waals surface area contributed by atoms with Crippen molar-refractivity contribution in [3.63, 3.8) is 0 Å². The summed E-state index contributed by atoms with van der Waals surface area (Å²) in [5.74, 6) is 2.26. The number of ether oxygens (including phenoxy) is 3. The van der Waals surface area contributed by atoms with E-state index in [0.29, 0.717) is 42.6 Å². The number of fused-ring (bicyclic) bond motifs is 1. The average Bonchev–Trinajstić information content (AvgIpc) is 2.65. The first-order valence-electron chi connectivity index (χ1n) is 7.71. The van der Waals surface area contributed by atoms with E-state index >= 15 is 0 Å². The molecule has 126 valence electrons. The Hall–Kier alpha value is -2.34. The third-order valence-corrected chi connectivity index (χ3v) is 4.50. The van der Waals surface area contributed by atoms with Crippen molar-refractivity contribution in [3.8, 4) is 17.2 Å². The van der Waals surface area contributed by atoms with Gasteiger partial charge in [0, 0.05) is 22.8 Å². The largest absolute Gasteiger partial charge is 0.493 e. The molecule has 2 aromatic rings. The standard InChI is InChI=1S/C18H19NO4S/c1-21-15-11-13(12-16-17(15)23-9-8-22-16)18(20)19-7-10-24-14-5-3-2-4-6-14/h2-6,11-12H,7-10H2,1H3,(H,19,20). The van der Waals surface area contributed by atoms with E-state index in [1.54, 1.807) is 31.0 Å². The molecule has 0 radical (unpaired) electrons. The first kappa shape index (κ1) is 16.5. The Morgan fingerprint density at radius 3 is 2.79 bits per heavy atom. The van der Waals surface area contributed by atoms with Gasteiger partial charge in [-0.2, -0.15) is 0 Å². The van der Waals surface area contributed by atoms with Crippen LogP contribution < -0.4 is 19.5 Å². The minimum Gasteiger partial charge on any atom is -0.493 e. The zero-order valence-electron chi connectivity index (χ0n) is 13.4. The molecule has 0 bridgehead atoms. The smallest absolute Gasteiger partial charge is 0.251 e. The molecule has 0 saturated heterocycles. The van der Waals surface area contributed by atoms with Gasteiger partial charge in [-0.3, -0.25) is 4.79 Å². The number of methoxy groups -OCH3 is 1. The Labute approximate surface area is 145 Å². The van der Waals surface area contributed by atoms with Gasteiger partial charge in [0.15, 0.2) is 11.5 Å². The van der Waals surface area contributed by atoms with E-state index in [1.165, 1.54) is 4.90 Å². The predicted molar refractivity (Wildman–Crippen MR) is 93.5 cm³/mol. The molecule has 1 N–H and O–H groups in total. The van der Waals surface area contributed by atoms with Gasteiger partial charge in [-0.1, -0.05) is 18.2 Å². The maximum absolute atomic E-state index is 12.3. The first-order valence-corrected chi connectivity index (χ1v) is 8.70. The second-order valence-corrected chi connectivity index (χ2v) is 6.29. The van der Waals surface area contributed by atoms with E-state index in [9.17, 15) is 4.79 Å². The van der Waals surface area contributed by atoms with Crippen LogP contribution in [0.2, 0.25) is 0 Å². The Balaban J connectivity index is 1.58. The van der Waals surface area contributed by atoms with Crippen LogP contribution >= 0.6 is 11.8 Å². The number of amides is 1. The Kier molecular flexibility index (Phi) is 5.48. The molecule has 1 heterocycles. The molecule has 1 aliphatic rings. The van der Waals surface area contributed by atoms with Gasteiger partial charge in [0.2, 0.25) is 5.75 Å². The van der Waals surface area contributed by atoms with Crippen LogP contribution in [0.25, 0.3) is 0 Å². The summed E-state index contributed by atoms with van der Waals surface area (Å²) in [6.07, 6.45) is 0. The molecule has 6 heteroatoms. The summed E-state index contributed by atoms with van der Waals surface area (Å²) in [4.78, 5) is 13.5. The van der Waals surface area contributed by atoms with Crippen LogP contribution in [0.15, 0.2) is 47.4 Å². The Morgan fingerprint density at radius 2 is 2.00 bits per heavy atom. The molecule has 1 aliphatic heterocycles. The Bertz CT molecular complexity index is 688. The van der Waals surface area contributed by atoms with E-state index in [1.807, 2.05) is 18.2 Å². The molecule has 24 heavy (non-hydrogen) atoms. The van der Waals surface area contributed by atoms with Crippen LogP contribution in [0, 0.1) is 0 Å². The molecule has 0 saturated carbocycles. The van der Waals surface area contributed by atoms with Gasteiger partial charge < -0.3 is 19.5 Å². The summed E-state index contributed by atoms with van der Waals surface area (Å²) in [6.45, 7) is 1.52. The highest BCUT2D eigenvalue weighted by molar-refractivity contribution is 7.99. The second kappa shape index (κ2) is 7.97. The van der Waals surface area contributed by atoms with Crippen LogP contribution in [0.5, 0.6) is 17.2 Å². The summed E-state index contributed by atoms with van der Waals surface area (Å²) in [5, 5.41) is 2.92. The monoisotopic (exact) mass is 345 g/mol. The van der Waals surface area contributed by atoms with Crippen LogP contribution in [0.3, 0.4) is 0 Å². The van der Waals surface area contributed by atoms with Crippen molar-refractivity contribution >= 4 is 17.7 Å². The van der Waals surface area contributed by atoms with Crippen LogP contribution in [-0.4, -0.2) is 38.5 Å². The molecule has 0 unspecified atom stereocenters.